The molecular formula is C11H15BrFN3O3S. The molecule has 0 fully saturated rings. The highest BCUT2D eigenvalue weighted by Crippen LogP contribution is 2.20. The summed E-state index contributed by atoms with van der Waals surface area (Å²) in [5.74, 6) is -0.957. The molecule has 1 unspecified atom stereocenters. The molecule has 6 nitrogen and oxygen atoms in total. The van der Waals surface area contributed by atoms with Crippen molar-refractivity contribution in [1.82, 2.24) is 4.72 Å². The largest absolute Gasteiger partial charge is 0.409 e. The second-order valence-electron chi connectivity index (χ2n) is 4.10. The predicted molar refractivity (Wildman–Crippen MR) is 76.5 cm³/mol. The summed E-state index contributed by atoms with van der Waals surface area (Å²) in [6.07, 6.45) is 0.442. The Morgan fingerprint density at radius 1 is 1.60 bits per heavy atom. The second-order valence-corrected chi connectivity index (χ2v) is 6.69. The quantitative estimate of drug-likeness (QED) is 0.308. The van der Waals surface area contributed by atoms with Gasteiger partial charge in [-0.05, 0) is 24.6 Å². The molecule has 0 radical (unpaired) electrons. The van der Waals surface area contributed by atoms with Gasteiger partial charge >= 0.3 is 0 Å². The zero-order valence-corrected chi connectivity index (χ0v) is 13.1. The summed E-state index contributed by atoms with van der Waals surface area (Å²) >= 11 is 3.05. The van der Waals surface area contributed by atoms with Crippen LogP contribution >= 0.6 is 15.9 Å². The lowest BCUT2D eigenvalue weighted by molar-refractivity contribution is 0.316. The Morgan fingerprint density at radius 3 is 2.75 bits per heavy atom. The van der Waals surface area contributed by atoms with E-state index in [9.17, 15) is 12.8 Å². The van der Waals surface area contributed by atoms with Gasteiger partial charge in [0, 0.05) is 16.9 Å². The van der Waals surface area contributed by atoms with Gasteiger partial charge in [0.15, 0.2) is 0 Å². The fraction of sp³-hybridized carbons (Fsp3) is 0.364. The number of nitrogens with two attached hydrogens (primary N) is 1. The molecule has 0 aliphatic rings. The molecule has 112 valence electrons. The molecule has 0 bridgehead atoms. The lowest BCUT2D eigenvalue weighted by Crippen LogP contribution is -2.37. The molecule has 1 rings (SSSR count). The van der Waals surface area contributed by atoms with Crippen LogP contribution in [-0.2, 0) is 10.0 Å². The van der Waals surface area contributed by atoms with E-state index in [1.54, 1.807) is 6.92 Å². The zero-order valence-electron chi connectivity index (χ0n) is 10.7. The summed E-state index contributed by atoms with van der Waals surface area (Å²) in [6, 6.07) is 3.08. The maximum absolute atomic E-state index is 13.7. The van der Waals surface area contributed by atoms with Crippen molar-refractivity contribution < 1.29 is 18.0 Å². The minimum atomic E-state index is -4.01. The van der Waals surface area contributed by atoms with Crippen molar-refractivity contribution in [3.63, 3.8) is 0 Å². The fourth-order valence-corrected chi connectivity index (χ4v) is 3.25. The Kier molecular flexibility index (Phi) is 5.90. The van der Waals surface area contributed by atoms with Crippen molar-refractivity contribution >= 4 is 31.8 Å². The van der Waals surface area contributed by atoms with Crippen molar-refractivity contribution in [3.05, 3.63) is 28.5 Å². The molecule has 0 spiro atoms. The number of nitrogens with one attached hydrogen (secondary N) is 1. The highest BCUT2D eigenvalue weighted by Gasteiger charge is 2.23. The van der Waals surface area contributed by atoms with Crippen molar-refractivity contribution in [2.24, 2.45) is 10.9 Å². The third-order valence-electron chi connectivity index (χ3n) is 2.58. The number of benzene rings is 1. The van der Waals surface area contributed by atoms with Gasteiger partial charge in [0.25, 0.3) is 0 Å². The van der Waals surface area contributed by atoms with Crippen LogP contribution in [0.2, 0.25) is 0 Å². The number of oxime groups is 1. The van der Waals surface area contributed by atoms with Crippen LogP contribution in [0, 0.1) is 5.82 Å². The summed E-state index contributed by atoms with van der Waals surface area (Å²) in [4.78, 5) is -0.446. The molecule has 9 heteroatoms. The number of halogens is 2. The number of rotatable bonds is 6. The van der Waals surface area contributed by atoms with Gasteiger partial charge < -0.3 is 10.9 Å². The normalized spacial score (nSPS) is 14.2. The van der Waals surface area contributed by atoms with Crippen LogP contribution < -0.4 is 10.5 Å². The van der Waals surface area contributed by atoms with E-state index >= 15 is 0 Å². The number of sulfonamides is 1. The van der Waals surface area contributed by atoms with Gasteiger partial charge in [-0.15, -0.1) is 0 Å². The number of hydrogen-bond acceptors (Lipinski definition) is 4. The van der Waals surface area contributed by atoms with Crippen LogP contribution in [0.3, 0.4) is 0 Å². The molecule has 4 N–H and O–H groups in total. The van der Waals surface area contributed by atoms with E-state index in [0.717, 1.165) is 12.1 Å². The minimum Gasteiger partial charge on any atom is -0.409 e. The lowest BCUT2D eigenvalue weighted by atomic mass is 10.1. The molecule has 0 heterocycles. The van der Waals surface area contributed by atoms with E-state index in [1.807, 2.05) is 0 Å². The minimum absolute atomic E-state index is 0.0321. The van der Waals surface area contributed by atoms with E-state index in [0.29, 0.717) is 10.9 Å². The van der Waals surface area contributed by atoms with Crippen molar-refractivity contribution in [2.75, 3.05) is 0 Å². The Hall–Kier alpha value is -1.19. The topological polar surface area (TPSA) is 105 Å². The fourth-order valence-electron chi connectivity index (χ4n) is 1.54. The van der Waals surface area contributed by atoms with Crippen LogP contribution in [0.5, 0.6) is 0 Å². The Balaban J connectivity index is 2.98. The number of nitrogens with zero attached hydrogens (tertiary/aromatic N) is 1. The van der Waals surface area contributed by atoms with Gasteiger partial charge in [-0.25, -0.2) is 17.5 Å². The summed E-state index contributed by atoms with van der Waals surface area (Å²) < 4.78 is 40.7. The molecule has 0 aromatic heterocycles. The smallest absolute Gasteiger partial charge is 0.243 e. The van der Waals surface area contributed by atoms with Gasteiger partial charge in [-0.1, -0.05) is 28.0 Å². The average Bonchev–Trinajstić information content (AvgIpc) is 2.36. The first-order valence-corrected chi connectivity index (χ1v) is 8.01. The van der Waals surface area contributed by atoms with Crippen LogP contribution in [0.15, 0.2) is 32.7 Å². The zero-order chi connectivity index (χ0) is 15.3. The number of amidine groups is 1. The third kappa shape index (κ3) is 4.43. The van der Waals surface area contributed by atoms with Crippen LogP contribution in [0.4, 0.5) is 4.39 Å². The third-order valence-corrected chi connectivity index (χ3v) is 4.63. The molecule has 0 saturated carbocycles. The van der Waals surface area contributed by atoms with Gasteiger partial charge in [0.05, 0.1) is 0 Å². The van der Waals surface area contributed by atoms with E-state index in [4.69, 9.17) is 10.9 Å². The summed E-state index contributed by atoms with van der Waals surface area (Å²) in [5, 5.41) is 11.3. The summed E-state index contributed by atoms with van der Waals surface area (Å²) in [5.41, 5.74) is 5.34. The first kappa shape index (κ1) is 16.9. The van der Waals surface area contributed by atoms with Crippen molar-refractivity contribution in [2.45, 2.75) is 30.7 Å². The van der Waals surface area contributed by atoms with Gasteiger partial charge in [-0.2, -0.15) is 0 Å². The average molecular weight is 368 g/mol. The Morgan fingerprint density at radius 2 is 2.25 bits per heavy atom. The monoisotopic (exact) mass is 367 g/mol. The molecule has 0 aliphatic carbocycles. The van der Waals surface area contributed by atoms with Crippen LogP contribution in [0.25, 0.3) is 0 Å². The Labute approximate surface area is 125 Å². The highest BCUT2D eigenvalue weighted by molar-refractivity contribution is 9.10. The molecule has 20 heavy (non-hydrogen) atoms. The number of hydrogen-bond donors (Lipinski definition) is 3. The molecule has 0 saturated heterocycles. The van der Waals surface area contributed by atoms with Crippen molar-refractivity contribution in [3.8, 4) is 0 Å². The molecule has 1 aromatic carbocycles. The highest BCUT2D eigenvalue weighted by atomic mass is 79.9. The van der Waals surface area contributed by atoms with Crippen LogP contribution in [0.1, 0.15) is 19.8 Å². The summed E-state index contributed by atoms with van der Waals surface area (Å²) in [7, 11) is -4.01. The van der Waals surface area contributed by atoms with E-state index < -0.39 is 26.8 Å². The maximum Gasteiger partial charge on any atom is 0.243 e. The SMILES string of the molecule is CCC(C/C(N)=N/O)NS(=O)(=O)c1ccc(Br)cc1F. The van der Waals surface area contributed by atoms with E-state index in [2.05, 4.69) is 25.8 Å². The lowest BCUT2D eigenvalue weighted by Gasteiger charge is -2.16. The van der Waals surface area contributed by atoms with Gasteiger partial charge in [0.1, 0.15) is 16.5 Å². The van der Waals surface area contributed by atoms with Crippen LogP contribution in [-0.4, -0.2) is 25.5 Å². The first-order valence-electron chi connectivity index (χ1n) is 5.74. The van der Waals surface area contributed by atoms with Gasteiger partial charge in [-0.3, -0.25) is 0 Å². The Bertz CT molecular complexity index is 607. The standard InChI is InChI=1S/C11H15BrFN3O3S/c1-2-8(6-11(14)15-17)16-20(18,19)10-4-3-7(12)5-9(10)13/h3-5,8,16-17H,2,6H2,1H3,(H2,14,15). The molecule has 1 atom stereocenters. The maximum atomic E-state index is 13.7. The molecule has 1 aromatic rings. The molecular weight excluding hydrogens is 353 g/mol. The molecule has 0 amide bonds. The van der Waals surface area contributed by atoms with E-state index in [-0.39, 0.29) is 12.3 Å². The molecule has 0 aliphatic heterocycles. The van der Waals surface area contributed by atoms with E-state index in [1.165, 1.54) is 6.07 Å². The second kappa shape index (κ2) is 7.00. The predicted octanol–water partition coefficient (Wildman–Crippen LogP) is 1.78. The van der Waals surface area contributed by atoms with Gasteiger partial charge in [0.2, 0.25) is 10.0 Å². The van der Waals surface area contributed by atoms with Crippen molar-refractivity contribution in [1.29, 1.82) is 0 Å². The first-order chi connectivity index (χ1) is 9.30. The summed E-state index contributed by atoms with van der Waals surface area (Å²) in [6.45, 7) is 1.73.